The topological polar surface area (TPSA) is 80.9 Å². The Morgan fingerprint density at radius 2 is 1.79 bits per heavy atom. The largest absolute Gasteiger partial charge is 0.347 e. The highest BCUT2D eigenvalue weighted by Crippen LogP contribution is 2.25. The first-order chi connectivity index (χ1) is 14.2. The fraction of sp³-hybridized carbons (Fsp3) is 0.182. The van der Waals surface area contributed by atoms with Crippen LogP contribution >= 0.6 is 11.3 Å². The SMILES string of the molecule is CCc1nc(-c2ccc(-c3noc(CNC(=O)Cc4ccccc4)n3)cc2)cs1. The number of hydrogen-bond acceptors (Lipinski definition) is 6. The van der Waals surface area contributed by atoms with Crippen molar-refractivity contribution in [1.82, 2.24) is 20.4 Å². The minimum absolute atomic E-state index is 0.0879. The molecule has 0 saturated heterocycles. The minimum Gasteiger partial charge on any atom is -0.347 e. The van der Waals surface area contributed by atoms with Gasteiger partial charge in [-0.15, -0.1) is 11.3 Å². The molecule has 2 aromatic carbocycles. The number of aryl methyl sites for hydroxylation is 1. The summed E-state index contributed by atoms with van der Waals surface area (Å²) in [6.07, 6.45) is 1.26. The predicted molar refractivity (Wildman–Crippen MR) is 112 cm³/mol. The molecule has 0 atom stereocenters. The lowest BCUT2D eigenvalue weighted by atomic mass is 10.1. The van der Waals surface area contributed by atoms with Crippen molar-refractivity contribution in [3.05, 3.63) is 76.4 Å². The van der Waals surface area contributed by atoms with E-state index in [0.717, 1.165) is 33.8 Å². The molecule has 0 radical (unpaired) electrons. The first kappa shape index (κ1) is 19.0. The van der Waals surface area contributed by atoms with Gasteiger partial charge in [0, 0.05) is 16.5 Å². The summed E-state index contributed by atoms with van der Waals surface area (Å²) >= 11 is 1.67. The average Bonchev–Trinajstić information content (AvgIpc) is 3.43. The van der Waals surface area contributed by atoms with E-state index >= 15 is 0 Å². The number of carbonyl (C=O) groups is 1. The van der Waals surface area contributed by atoms with E-state index in [2.05, 4.69) is 32.7 Å². The Hall–Kier alpha value is -3.32. The monoisotopic (exact) mass is 404 g/mol. The third kappa shape index (κ3) is 4.75. The molecule has 1 N–H and O–H groups in total. The molecular formula is C22H20N4O2S. The molecule has 146 valence electrons. The first-order valence-corrected chi connectivity index (χ1v) is 10.3. The summed E-state index contributed by atoms with van der Waals surface area (Å²) in [5.41, 5.74) is 3.85. The molecule has 6 nitrogen and oxygen atoms in total. The third-order valence-corrected chi connectivity index (χ3v) is 5.40. The van der Waals surface area contributed by atoms with Gasteiger partial charge in [-0.2, -0.15) is 4.98 Å². The highest BCUT2D eigenvalue weighted by Gasteiger charge is 2.11. The Kier molecular flexibility index (Phi) is 5.76. The number of aromatic nitrogens is 3. The summed E-state index contributed by atoms with van der Waals surface area (Å²) in [5.74, 6) is 0.781. The van der Waals surface area contributed by atoms with E-state index in [1.165, 1.54) is 0 Å². The molecule has 4 aromatic rings. The van der Waals surface area contributed by atoms with Gasteiger partial charge in [0.05, 0.1) is 23.7 Å². The van der Waals surface area contributed by atoms with Crippen molar-refractivity contribution in [3.8, 4) is 22.6 Å². The summed E-state index contributed by atoms with van der Waals surface area (Å²) in [4.78, 5) is 21.0. The van der Waals surface area contributed by atoms with Gasteiger partial charge in [0.15, 0.2) is 0 Å². The van der Waals surface area contributed by atoms with E-state index in [0.29, 0.717) is 18.1 Å². The maximum absolute atomic E-state index is 12.1. The zero-order chi connectivity index (χ0) is 20.1. The zero-order valence-electron chi connectivity index (χ0n) is 16.0. The maximum atomic E-state index is 12.1. The van der Waals surface area contributed by atoms with Crippen molar-refractivity contribution in [3.63, 3.8) is 0 Å². The van der Waals surface area contributed by atoms with Gasteiger partial charge in [-0.05, 0) is 12.0 Å². The minimum atomic E-state index is -0.0879. The molecule has 4 rings (SSSR count). The molecule has 0 bridgehead atoms. The molecule has 0 aliphatic carbocycles. The molecule has 0 spiro atoms. The number of benzene rings is 2. The first-order valence-electron chi connectivity index (χ1n) is 9.39. The molecule has 29 heavy (non-hydrogen) atoms. The second-order valence-electron chi connectivity index (χ2n) is 6.51. The lowest BCUT2D eigenvalue weighted by Gasteiger charge is -2.02. The van der Waals surface area contributed by atoms with Gasteiger partial charge in [-0.3, -0.25) is 4.79 Å². The summed E-state index contributed by atoms with van der Waals surface area (Å²) in [7, 11) is 0. The van der Waals surface area contributed by atoms with Crippen LogP contribution in [0.25, 0.3) is 22.6 Å². The number of nitrogens with zero attached hydrogens (tertiary/aromatic N) is 3. The standard InChI is InChI=1S/C22H20N4O2S/c1-2-21-24-18(14-29-21)16-8-10-17(11-9-16)22-25-20(28-26-22)13-23-19(27)12-15-6-4-3-5-7-15/h3-11,14H,2,12-13H2,1H3,(H,23,27). The van der Waals surface area contributed by atoms with E-state index in [1.54, 1.807) is 11.3 Å². The smallest absolute Gasteiger partial charge is 0.246 e. The summed E-state index contributed by atoms with van der Waals surface area (Å²) in [6.45, 7) is 2.30. The second-order valence-corrected chi connectivity index (χ2v) is 7.45. The molecule has 0 aliphatic rings. The van der Waals surface area contributed by atoms with E-state index in [4.69, 9.17) is 4.52 Å². The lowest BCUT2D eigenvalue weighted by Crippen LogP contribution is -2.24. The van der Waals surface area contributed by atoms with E-state index in [-0.39, 0.29) is 12.5 Å². The summed E-state index contributed by atoms with van der Waals surface area (Å²) < 4.78 is 5.27. The molecule has 0 aliphatic heterocycles. The van der Waals surface area contributed by atoms with E-state index in [1.807, 2.05) is 54.6 Å². The molecule has 7 heteroatoms. The van der Waals surface area contributed by atoms with Crippen LogP contribution in [0.2, 0.25) is 0 Å². The highest BCUT2D eigenvalue weighted by atomic mass is 32.1. The molecule has 0 fully saturated rings. The third-order valence-electron chi connectivity index (χ3n) is 4.41. The normalized spacial score (nSPS) is 10.8. The lowest BCUT2D eigenvalue weighted by molar-refractivity contribution is -0.120. The second kappa shape index (κ2) is 8.79. The van der Waals surface area contributed by atoms with Crippen LogP contribution in [0.15, 0.2) is 64.5 Å². The van der Waals surface area contributed by atoms with Crippen LogP contribution in [0.1, 0.15) is 23.4 Å². The van der Waals surface area contributed by atoms with Gasteiger partial charge in [0.1, 0.15) is 0 Å². The molecular weight excluding hydrogens is 384 g/mol. The van der Waals surface area contributed by atoms with Crippen LogP contribution < -0.4 is 5.32 Å². The van der Waals surface area contributed by atoms with E-state index < -0.39 is 0 Å². The van der Waals surface area contributed by atoms with Gasteiger partial charge < -0.3 is 9.84 Å². The molecule has 2 heterocycles. The van der Waals surface area contributed by atoms with Crippen LogP contribution in [-0.2, 0) is 24.2 Å². The Morgan fingerprint density at radius 3 is 2.52 bits per heavy atom. The Bertz CT molecular complexity index is 1090. The summed E-state index contributed by atoms with van der Waals surface area (Å²) in [5, 5.41) is 10.0. The molecule has 0 saturated carbocycles. The number of nitrogens with one attached hydrogen (secondary N) is 1. The molecule has 1 amide bonds. The van der Waals surface area contributed by atoms with Crippen LogP contribution in [0.3, 0.4) is 0 Å². The van der Waals surface area contributed by atoms with Gasteiger partial charge in [0.2, 0.25) is 17.6 Å². The number of amides is 1. The highest BCUT2D eigenvalue weighted by molar-refractivity contribution is 7.09. The number of rotatable bonds is 7. The van der Waals surface area contributed by atoms with Crippen molar-refractivity contribution in [1.29, 1.82) is 0 Å². The fourth-order valence-corrected chi connectivity index (χ4v) is 3.61. The summed E-state index contributed by atoms with van der Waals surface area (Å²) in [6, 6.07) is 17.5. The van der Waals surface area contributed by atoms with Gasteiger partial charge in [0.25, 0.3) is 0 Å². The van der Waals surface area contributed by atoms with Crippen LogP contribution in [0.5, 0.6) is 0 Å². The Labute approximate surface area is 172 Å². The number of thiazole rings is 1. The molecule has 2 aromatic heterocycles. The molecule has 0 unspecified atom stereocenters. The fourth-order valence-electron chi connectivity index (χ4n) is 2.86. The number of hydrogen-bond donors (Lipinski definition) is 1. The van der Waals surface area contributed by atoms with Crippen molar-refractivity contribution in [2.45, 2.75) is 26.3 Å². The quantitative estimate of drug-likeness (QED) is 0.497. The van der Waals surface area contributed by atoms with Gasteiger partial charge in [-0.25, -0.2) is 4.98 Å². The van der Waals surface area contributed by atoms with Crippen LogP contribution in [0, 0.1) is 0 Å². The van der Waals surface area contributed by atoms with Crippen molar-refractivity contribution in [2.75, 3.05) is 0 Å². The Morgan fingerprint density at radius 1 is 1.03 bits per heavy atom. The maximum Gasteiger partial charge on any atom is 0.246 e. The Balaban J connectivity index is 1.36. The average molecular weight is 404 g/mol. The van der Waals surface area contributed by atoms with E-state index in [9.17, 15) is 4.79 Å². The van der Waals surface area contributed by atoms with Crippen LogP contribution in [0.4, 0.5) is 0 Å². The van der Waals surface area contributed by atoms with Crippen molar-refractivity contribution >= 4 is 17.2 Å². The predicted octanol–water partition coefficient (Wildman–Crippen LogP) is 4.28. The van der Waals surface area contributed by atoms with Crippen LogP contribution in [-0.4, -0.2) is 21.0 Å². The zero-order valence-corrected chi connectivity index (χ0v) is 16.8. The van der Waals surface area contributed by atoms with Crippen molar-refractivity contribution < 1.29 is 9.32 Å². The number of carbonyl (C=O) groups excluding carboxylic acids is 1. The van der Waals surface area contributed by atoms with Gasteiger partial charge >= 0.3 is 0 Å². The van der Waals surface area contributed by atoms with Gasteiger partial charge in [-0.1, -0.05) is 66.7 Å². The van der Waals surface area contributed by atoms with Crippen molar-refractivity contribution in [2.24, 2.45) is 0 Å².